The van der Waals surface area contributed by atoms with Crippen molar-refractivity contribution in [1.29, 1.82) is 0 Å². The summed E-state index contributed by atoms with van der Waals surface area (Å²) in [6.45, 7) is 3.93. The van der Waals surface area contributed by atoms with Gasteiger partial charge >= 0.3 is 0 Å². The molecular weight excluding hydrogens is 326 g/mol. The zero-order valence-corrected chi connectivity index (χ0v) is 14.6. The van der Waals surface area contributed by atoms with E-state index in [9.17, 15) is 9.59 Å². The van der Waals surface area contributed by atoms with Gasteiger partial charge in [0.2, 0.25) is 0 Å². The molecule has 0 fully saturated rings. The molecule has 4 aromatic rings. The van der Waals surface area contributed by atoms with Gasteiger partial charge in [0.25, 0.3) is 11.5 Å². The lowest BCUT2D eigenvalue weighted by Gasteiger charge is -2.10. The monoisotopic (exact) mass is 345 g/mol. The molecule has 2 aromatic carbocycles. The van der Waals surface area contributed by atoms with Gasteiger partial charge in [-0.25, -0.2) is 0 Å². The minimum atomic E-state index is -0.190. The van der Waals surface area contributed by atoms with E-state index >= 15 is 0 Å². The number of hydrogen-bond donors (Lipinski definition) is 3. The number of H-pyrrole nitrogens is 2. The van der Waals surface area contributed by atoms with E-state index in [1.54, 1.807) is 12.1 Å². The Labute approximate surface area is 150 Å². The van der Waals surface area contributed by atoms with Crippen molar-refractivity contribution in [3.63, 3.8) is 0 Å². The molecule has 0 radical (unpaired) electrons. The lowest BCUT2D eigenvalue weighted by Crippen LogP contribution is -2.15. The summed E-state index contributed by atoms with van der Waals surface area (Å²) in [5, 5.41) is 4.95. The van der Waals surface area contributed by atoms with E-state index in [4.69, 9.17) is 0 Å². The molecule has 5 heteroatoms. The molecule has 3 N–H and O–H groups in total. The average Bonchev–Trinajstić information content (AvgIpc) is 3.09. The Kier molecular flexibility index (Phi) is 3.84. The maximum atomic E-state index is 12.6. The Morgan fingerprint density at radius 3 is 2.73 bits per heavy atom. The van der Waals surface area contributed by atoms with E-state index in [-0.39, 0.29) is 11.5 Å². The van der Waals surface area contributed by atoms with E-state index < -0.39 is 0 Å². The van der Waals surface area contributed by atoms with Crippen LogP contribution in [-0.2, 0) is 6.42 Å². The number of hydrogen-bond acceptors (Lipinski definition) is 2. The van der Waals surface area contributed by atoms with E-state index in [1.165, 1.54) is 0 Å². The van der Waals surface area contributed by atoms with Crippen LogP contribution in [0.5, 0.6) is 0 Å². The Balaban J connectivity index is 1.68. The van der Waals surface area contributed by atoms with Gasteiger partial charge < -0.3 is 15.3 Å². The van der Waals surface area contributed by atoms with Gasteiger partial charge in [0.1, 0.15) is 0 Å². The van der Waals surface area contributed by atoms with Crippen LogP contribution in [0.3, 0.4) is 0 Å². The van der Waals surface area contributed by atoms with E-state index in [2.05, 4.69) is 15.3 Å². The van der Waals surface area contributed by atoms with E-state index in [0.29, 0.717) is 17.7 Å². The summed E-state index contributed by atoms with van der Waals surface area (Å²) in [5.74, 6) is -0.190. The molecule has 26 heavy (non-hydrogen) atoms. The number of fused-ring (bicyclic) bond motifs is 2. The third-order valence-corrected chi connectivity index (χ3v) is 4.83. The van der Waals surface area contributed by atoms with Gasteiger partial charge in [0, 0.05) is 33.9 Å². The first-order valence-electron chi connectivity index (χ1n) is 8.61. The van der Waals surface area contributed by atoms with Crippen molar-refractivity contribution in [2.24, 2.45) is 0 Å². The van der Waals surface area contributed by atoms with E-state index in [1.807, 2.05) is 50.4 Å². The highest BCUT2D eigenvalue weighted by atomic mass is 16.1. The molecule has 130 valence electrons. The number of carbonyl (C=O) groups excluding carboxylic acids is 1. The minimum Gasteiger partial charge on any atom is -0.361 e. The highest BCUT2D eigenvalue weighted by Crippen LogP contribution is 2.22. The Morgan fingerprint density at radius 2 is 1.92 bits per heavy atom. The molecule has 2 aromatic heterocycles. The molecule has 0 unspecified atom stereocenters. The molecule has 0 saturated heterocycles. The molecule has 2 heterocycles. The molecule has 0 aliphatic carbocycles. The third-order valence-electron chi connectivity index (χ3n) is 4.83. The Morgan fingerprint density at radius 1 is 1.08 bits per heavy atom. The first-order valence-corrected chi connectivity index (χ1v) is 8.61. The Hall–Kier alpha value is -3.34. The lowest BCUT2D eigenvalue weighted by molar-refractivity contribution is 0.102. The molecule has 1 amide bonds. The fraction of sp³-hybridized carbons (Fsp3) is 0.143. The normalized spacial score (nSPS) is 11.2. The van der Waals surface area contributed by atoms with Gasteiger partial charge in [0.05, 0.1) is 5.52 Å². The molecule has 0 atom stereocenters. The SMILES string of the molecule is CCc1c(C)c2ccc(NC(=O)c3ccc4cc[nH]c4c3)cc2[nH]c1=O. The van der Waals surface area contributed by atoms with Crippen LogP contribution in [0.1, 0.15) is 28.4 Å². The van der Waals surface area contributed by atoms with Crippen molar-refractivity contribution < 1.29 is 4.79 Å². The summed E-state index contributed by atoms with van der Waals surface area (Å²) in [5.41, 5.74) is 4.58. The zero-order valence-electron chi connectivity index (χ0n) is 14.6. The minimum absolute atomic E-state index is 0.0711. The van der Waals surface area contributed by atoms with Gasteiger partial charge in [-0.15, -0.1) is 0 Å². The summed E-state index contributed by atoms with van der Waals surface area (Å²) in [4.78, 5) is 30.8. The molecule has 5 nitrogen and oxygen atoms in total. The van der Waals surface area contributed by atoms with Crippen LogP contribution in [0.25, 0.3) is 21.8 Å². The third kappa shape index (κ3) is 2.67. The standard InChI is InChI=1S/C21H19N3O2/c1-3-16-12(2)17-7-6-15(11-19(17)24-21(16)26)23-20(25)14-5-4-13-8-9-22-18(13)10-14/h4-11,22H,3H2,1-2H3,(H,23,25)(H,24,26). The number of aryl methyl sites for hydroxylation is 1. The summed E-state index contributed by atoms with van der Waals surface area (Å²) in [7, 11) is 0. The van der Waals surface area contributed by atoms with Gasteiger partial charge in [-0.3, -0.25) is 9.59 Å². The van der Waals surface area contributed by atoms with E-state index in [0.717, 1.165) is 32.9 Å². The average molecular weight is 345 g/mol. The highest BCUT2D eigenvalue weighted by Gasteiger charge is 2.11. The number of nitrogens with one attached hydrogen (secondary N) is 3. The predicted octanol–water partition coefficient (Wildman–Crippen LogP) is 4.13. The van der Waals surface area contributed by atoms with Crippen LogP contribution in [0.4, 0.5) is 5.69 Å². The predicted molar refractivity (Wildman–Crippen MR) is 105 cm³/mol. The smallest absolute Gasteiger partial charge is 0.255 e. The van der Waals surface area contributed by atoms with Crippen LogP contribution >= 0.6 is 0 Å². The second-order valence-corrected chi connectivity index (χ2v) is 6.41. The summed E-state index contributed by atoms with van der Waals surface area (Å²) >= 11 is 0. The second kappa shape index (κ2) is 6.19. The molecule has 4 rings (SSSR count). The highest BCUT2D eigenvalue weighted by molar-refractivity contribution is 6.06. The second-order valence-electron chi connectivity index (χ2n) is 6.41. The van der Waals surface area contributed by atoms with Crippen molar-refractivity contribution in [3.8, 4) is 0 Å². The molecule has 0 spiro atoms. The first-order chi connectivity index (χ1) is 12.6. The molecular formula is C21H19N3O2. The summed E-state index contributed by atoms with van der Waals surface area (Å²) in [6, 6.07) is 13.1. The lowest BCUT2D eigenvalue weighted by atomic mass is 10.0. The quantitative estimate of drug-likeness (QED) is 0.522. The maximum Gasteiger partial charge on any atom is 0.255 e. The summed E-state index contributed by atoms with van der Waals surface area (Å²) < 4.78 is 0. The maximum absolute atomic E-state index is 12.6. The first kappa shape index (κ1) is 16.1. The van der Waals surface area contributed by atoms with Crippen LogP contribution in [0.2, 0.25) is 0 Å². The number of amides is 1. The van der Waals surface area contributed by atoms with Gasteiger partial charge in [-0.05, 0) is 54.6 Å². The fourth-order valence-electron chi connectivity index (χ4n) is 3.40. The molecule has 0 aliphatic rings. The number of aromatic nitrogens is 2. The van der Waals surface area contributed by atoms with Gasteiger partial charge in [0.15, 0.2) is 0 Å². The van der Waals surface area contributed by atoms with Crippen molar-refractivity contribution in [2.75, 3.05) is 5.32 Å². The van der Waals surface area contributed by atoms with Gasteiger partial charge in [-0.2, -0.15) is 0 Å². The van der Waals surface area contributed by atoms with Crippen LogP contribution in [-0.4, -0.2) is 15.9 Å². The van der Waals surface area contributed by atoms with Crippen molar-refractivity contribution in [3.05, 3.63) is 75.7 Å². The van der Waals surface area contributed by atoms with Crippen LogP contribution in [0, 0.1) is 6.92 Å². The zero-order chi connectivity index (χ0) is 18.3. The van der Waals surface area contributed by atoms with Crippen molar-refractivity contribution >= 4 is 33.4 Å². The number of benzene rings is 2. The number of pyridine rings is 1. The number of aromatic amines is 2. The topological polar surface area (TPSA) is 77.8 Å². The molecule has 0 aliphatic heterocycles. The van der Waals surface area contributed by atoms with Gasteiger partial charge in [-0.1, -0.05) is 19.1 Å². The number of carbonyl (C=O) groups is 1. The van der Waals surface area contributed by atoms with Crippen LogP contribution < -0.4 is 10.9 Å². The largest absolute Gasteiger partial charge is 0.361 e. The van der Waals surface area contributed by atoms with Crippen molar-refractivity contribution in [2.45, 2.75) is 20.3 Å². The Bertz CT molecular complexity index is 1200. The number of anilines is 1. The van der Waals surface area contributed by atoms with Crippen molar-refractivity contribution in [1.82, 2.24) is 9.97 Å². The van der Waals surface area contributed by atoms with Crippen LogP contribution in [0.15, 0.2) is 53.5 Å². The fourth-order valence-corrected chi connectivity index (χ4v) is 3.40. The summed E-state index contributed by atoms with van der Waals surface area (Å²) in [6.07, 6.45) is 2.54. The molecule has 0 bridgehead atoms. The number of rotatable bonds is 3. The molecule has 0 saturated carbocycles.